The number of aliphatic imine (C=N–C) groups is 1. The molecule has 6 nitrogen and oxygen atoms in total. The number of nitrogens with zero attached hydrogens (tertiary/aromatic N) is 3. The second-order valence-electron chi connectivity index (χ2n) is 5.61. The standard InChI is InChI=1S/C15H30N4O2S/c1-5-21-12-13-6-8-19(11-13)15(16-7-9-22-4)17-10-14(20)18(2)3/h13H,5-12H2,1-4H3,(H,16,17). The van der Waals surface area contributed by atoms with Crippen LogP contribution in [0.3, 0.4) is 0 Å². The van der Waals surface area contributed by atoms with E-state index in [0.29, 0.717) is 5.92 Å². The monoisotopic (exact) mass is 330 g/mol. The van der Waals surface area contributed by atoms with Crippen LogP contribution in [0.15, 0.2) is 4.99 Å². The van der Waals surface area contributed by atoms with E-state index in [4.69, 9.17) is 4.74 Å². The molecule has 1 atom stereocenters. The molecule has 1 rings (SSSR count). The summed E-state index contributed by atoms with van der Waals surface area (Å²) >= 11 is 1.80. The van der Waals surface area contributed by atoms with Gasteiger partial charge in [0.1, 0.15) is 6.54 Å². The Morgan fingerprint density at radius 2 is 2.27 bits per heavy atom. The maximum Gasteiger partial charge on any atom is 0.243 e. The number of hydrogen-bond donors (Lipinski definition) is 1. The van der Waals surface area contributed by atoms with E-state index in [1.807, 2.05) is 6.92 Å². The number of likely N-dealkylation sites (tertiary alicyclic amines) is 1. The average molecular weight is 330 g/mol. The smallest absolute Gasteiger partial charge is 0.243 e. The zero-order chi connectivity index (χ0) is 16.4. The second kappa shape index (κ2) is 10.7. The highest BCUT2D eigenvalue weighted by molar-refractivity contribution is 7.98. The number of hydrogen-bond acceptors (Lipinski definition) is 4. The molecule has 1 heterocycles. The number of nitrogens with one attached hydrogen (secondary N) is 1. The first-order valence-electron chi connectivity index (χ1n) is 7.88. The molecule has 7 heteroatoms. The van der Waals surface area contributed by atoms with E-state index in [1.54, 1.807) is 30.8 Å². The van der Waals surface area contributed by atoms with Gasteiger partial charge in [0.2, 0.25) is 5.91 Å². The number of thioether (sulfide) groups is 1. The number of ether oxygens (including phenoxy) is 1. The molecule has 128 valence electrons. The van der Waals surface area contributed by atoms with Gasteiger partial charge in [0, 0.05) is 52.0 Å². The van der Waals surface area contributed by atoms with Crippen molar-refractivity contribution in [2.24, 2.45) is 10.9 Å². The predicted molar refractivity (Wildman–Crippen MR) is 93.6 cm³/mol. The molecule has 1 amide bonds. The van der Waals surface area contributed by atoms with Gasteiger partial charge in [-0.2, -0.15) is 11.8 Å². The van der Waals surface area contributed by atoms with Gasteiger partial charge in [0.15, 0.2) is 5.96 Å². The number of guanidine groups is 1. The lowest BCUT2D eigenvalue weighted by Gasteiger charge is -2.22. The summed E-state index contributed by atoms with van der Waals surface area (Å²) in [6.07, 6.45) is 3.20. The van der Waals surface area contributed by atoms with Crippen molar-refractivity contribution in [1.82, 2.24) is 15.1 Å². The van der Waals surface area contributed by atoms with Crippen molar-refractivity contribution >= 4 is 23.6 Å². The van der Waals surface area contributed by atoms with Crippen molar-refractivity contribution in [3.63, 3.8) is 0 Å². The summed E-state index contributed by atoms with van der Waals surface area (Å²) in [7, 11) is 3.51. The van der Waals surface area contributed by atoms with Crippen molar-refractivity contribution < 1.29 is 9.53 Å². The van der Waals surface area contributed by atoms with Gasteiger partial charge in [0.25, 0.3) is 0 Å². The Bertz CT molecular complexity index is 363. The lowest BCUT2D eigenvalue weighted by atomic mass is 10.1. The van der Waals surface area contributed by atoms with Crippen LogP contribution in [0.2, 0.25) is 0 Å². The molecule has 1 N–H and O–H groups in total. The first-order chi connectivity index (χ1) is 10.6. The van der Waals surface area contributed by atoms with Gasteiger partial charge in [-0.25, -0.2) is 4.99 Å². The molecule has 1 fully saturated rings. The van der Waals surface area contributed by atoms with E-state index in [2.05, 4.69) is 21.5 Å². The third-order valence-electron chi connectivity index (χ3n) is 3.60. The molecule has 1 unspecified atom stereocenters. The Balaban J connectivity index is 2.57. The quantitative estimate of drug-likeness (QED) is 0.404. The first-order valence-corrected chi connectivity index (χ1v) is 9.28. The van der Waals surface area contributed by atoms with Crippen molar-refractivity contribution in [2.75, 3.05) is 65.5 Å². The maximum absolute atomic E-state index is 11.7. The van der Waals surface area contributed by atoms with Crippen LogP contribution in [-0.4, -0.2) is 87.2 Å². The zero-order valence-electron chi connectivity index (χ0n) is 14.3. The molecule has 0 aliphatic carbocycles. The van der Waals surface area contributed by atoms with Crippen LogP contribution in [0, 0.1) is 5.92 Å². The lowest BCUT2D eigenvalue weighted by molar-refractivity contribution is -0.127. The molecule has 1 aliphatic rings. The van der Waals surface area contributed by atoms with Gasteiger partial charge in [-0.1, -0.05) is 0 Å². The summed E-state index contributed by atoms with van der Waals surface area (Å²) in [6.45, 7) is 6.57. The van der Waals surface area contributed by atoms with Gasteiger partial charge in [-0.3, -0.25) is 4.79 Å². The normalized spacial score (nSPS) is 18.6. The maximum atomic E-state index is 11.7. The average Bonchev–Trinajstić information content (AvgIpc) is 2.96. The van der Waals surface area contributed by atoms with Gasteiger partial charge in [-0.15, -0.1) is 0 Å². The molecule has 1 saturated heterocycles. The number of likely N-dealkylation sites (N-methyl/N-ethyl adjacent to an activating group) is 1. The highest BCUT2D eigenvalue weighted by Gasteiger charge is 2.25. The van der Waals surface area contributed by atoms with Crippen LogP contribution in [-0.2, 0) is 9.53 Å². The van der Waals surface area contributed by atoms with Crippen LogP contribution in [0.4, 0.5) is 0 Å². The van der Waals surface area contributed by atoms with Crippen molar-refractivity contribution in [1.29, 1.82) is 0 Å². The molecular formula is C15H30N4O2S. The highest BCUT2D eigenvalue weighted by Crippen LogP contribution is 2.16. The minimum Gasteiger partial charge on any atom is -0.381 e. The Morgan fingerprint density at radius 3 is 2.91 bits per heavy atom. The largest absolute Gasteiger partial charge is 0.381 e. The van der Waals surface area contributed by atoms with Crippen LogP contribution in [0.25, 0.3) is 0 Å². The molecule has 0 bridgehead atoms. The van der Waals surface area contributed by atoms with Crippen LogP contribution in [0.1, 0.15) is 13.3 Å². The lowest BCUT2D eigenvalue weighted by Crippen LogP contribution is -2.42. The Hall–Kier alpha value is -0.950. The minimum atomic E-state index is 0.0224. The molecule has 0 aromatic carbocycles. The molecule has 0 aromatic rings. The van der Waals surface area contributed by atoms with Crippen LogP contribution in [0.5, 0.6) is 0 Å². The van der Waals surface area contributed by atoms with E-state index in [-0.39, 0.29) is 12.5 Å². The molecule has 0 spiro atoms. The van der Waals surface area contributed by atoms with E-state index in [9.17, 15) is 4.79 Å². The summed E-state index contributed by atoms with van der Waals surface area (Å²) in [4.78, 5) is 20.1. The topological polar surface area (TPSA) is 57.2 Å². The first kappa shape index (κ1) is 19.1. The number of rotatable bonds is 8. The fourth-order valence-electron chi connectivity index (χ4n) is 2.26. The summed E-state index contributed by atoms with van der Waals surface area (Å²) in [6, 6.07) is 0. The van der Waals surface area contributed by atoms with E-state index in [1.165, 1.54) is 0 Å². The number of amides is 1. The fraction of sp³-hybridized carbons (Fsp3) is 0.867. The third-order valence-corrected chi connectivity index (χ3v) is 4.21. The SMILES string of the molecule is CCOCC1CCN(C(=NCC(=O)N(C)C)NCCSC)C1. The molecule has 0 saturated carbocycles. The summed E-state index contributed by atoms with van der Waals surface area (Å²) < 4.78 is 5.52. The fourth-order valence-corrected chi connectivity index (χ4v) is 2.57. The van der Waals surface area contributed by atoms with Gasteiger partial charge in [0.05, 0.1) is 6.61 Å². The zero-order valence-corrected chi connectivity index (χ0v) is 15.1. The van der Waals surface area contributed by atoms with E-state index < -0.39 is 0 Å². The molecule has 22 heavy (non-hydrogen) atoms. The van der Waals surface area contributed by atoms with Crippen LogP contribution >= 0.6 is 11.8 Å². The van der Waals surface area contributed by atoms with Gasteiger partial charge >= 0.3 is 0 Å². The minimum absolute atomic E-state index is 0.0224. The van der Waals surface area contributed by atoms with Gasteiger partial charge in [-0.05, 0) is 19.6 Å². The third kappa shape index (κ3) is 6.87. The van der Waals surface area contributed by atoms with Crippen LogP contribution < -0.4 is 5.32 Å². The molecule has 0 aromatic heterocycles. The Morgan fingerprint density at radius 1 is 1.50 bits per heavy atom. The van der Waals surface area contributed by atoms with Crippen molar-refractivity contribution in [3.05, 3.63) is 0 Å². The van der Waals surface area contributed by atoms with Crippen molar-refractivity contribution in [2.45, 2.75) is 13.3 Å². The van der Waals surface area contributed by atoms with Gasteiger partial charge < -0.3 is 19.9 Å². The molecular weight excluding hydrogens is 300 g/mol. The summed E-state index contributed by atoms with van der Waals surface area (Å²) in [5.41, 5.74) is 0. The highest BCUT2D eigenvalue weighted by atomic mass is 32.2. The molecule has 1 aliphatic heterocycles. The molecule has 0 radical (unpaired) electrons. The summed E-state index contributed by atoms with van der Waals surface area (Å²) in [5.74, 6) is 2.45. The Labute approximate surface area is 138 Å². The predicted octanol–water partition coefficient (Wildman–Crippen LogP) is 0.742. The van der Waals surface area contributed by atoms with E-state index in [0.717, 1.165) is 51.0 Å². The number of carbonyl (C=O) groups excluding carboxylic acids is 1. The van der Waals surface area contributed by atoms with E-state index >= 15 is 0 Å². The Kier molecular flexibility index (Phi) is 9.31. The summed E-state index contributed by atoms with van der Waals surface area (Å²) in [5, 5.41) is 3.38. The van der Waals surface area contributed by atoms with Crippen molar-refractivity contribution in [3.8, 4) is 0 Å². The second-order valence-corrected chi connectivity index (χ2v) is 6.59. The number of carbonyl (C=O) groups is 1.